The Morgan fingerprint density at radius 1 is 0.913 bits per heavy atom. The number of hydrogen-bond acceptors (Lipinski definition) is 3. The van der Waals surface area contributed by atoms with Gasteiger partial charge in [-0.1, -0.05) is 83.5 Å². The maximum atomic E-state index is 6.16. The van der Waals surface area contributed by atoms with Crippen LogP contribution in [0, 0.1) is 6.92 Å². The van der Waals surface area contributed by atoms with Gasteiger partial charge in [0.25, 0.3) is 0 Å². The van der Waals surface area contributed by atoms with Gasteiger partial charge in [0.2, 0.25) is 0 Å². The second-order valence-electron chi connectivity index (χ2n) is 5.40. The van der Waals surface area contributed by atoms with E-state index in [1.165, 1.54) is 16.7 Å². The second kappa shape index (κ2) is 7.62. The van der Waals surface area contributed by atoms with Gasteiger partial charge in [0.15, 0.2) is 5.16 Å². The van der Waals surface area contributed by atoms with E-state index in [1.54, 1.807) is 11.8 Å². The van der Waals surface area contributed by atoms with Gasteiger partial charge in [0.1, 0.15) is 5.15 Å². The molecule has 3 rings (SSSR count). The van der Waals surface area contributed by atoms with Gasteiger partial charge in [-0.2, -0.15) is 0 Å². The Bertz CT molecular complexity index is 790. The van der Waals surface area contributed by atoms with Crippen molar-refractivity contribution in [3.05, 3.63) is 88.2 Å². The monoisotopic (exact) mass is 340 g/mol. The maximum Gasteiger partial charge on any atom is 0.189 e. The Morgan fingerprint density at radius 3 is 2.48 bits per heavy atom. The van der Waals surface area contributed by atoms with Crippen LogP contribution >= 0.6 is 23.4 Å². The largest absolute Gasteiger partial charge is 0.227 e. The maximum absolute atomic E-state index is 6.16. The summed E-state index contributed by atoms with van der Waals surface area (Å²) >= 11 is 7.77. The molecule has 0 aliphatic heterocycles. The van der Waals surface area contributed by atoms with Crippen LogP contribution in [0.15, 0.2) is 65.8 Å². The zero-order valence-electron chi connectivity index (χ0n) is 12.9. The number of benzene rings is 2. The normalized spacial score (nSPS) is 10.7. The van der Waals surface area contributed by atoms with Gasteiger partial charge >= 0.3 is 0 Å². The number of hydrogen-bond donors (Lipinski definition) is 0. The average molecular weight is 341 g/mol. The minimum Gasteiger partial charge on any atom is -0.227 e. The molecule has 0 unspecified atom stereocenters. The second-order valence-corrected chi connectivity index (χ2v) is 6.73. The molecule has 1 aromatic heterocycles. The first-order valence-corrected chi connectivity index (χ1v) is 8.81. The van der Waals surface area contributed by atoms with Crippen LogP contribution in [0.1, 0.15) is 22.4 Å². The van der Waals surface area contributed by atoms with Crippen molar-refractivity contribution >= 4 is 23.4 Å². The van der Waals surface area contributed by atoms with Gasteiger partial charge in [-0.3, -0.25) is 0 Å². The molecule has 2 nitrogen and oxygen atoms in total. The minimum atomic E-state index is 0.498. The summed E-state index contributed by atoms with van der Waals surface area (Å²) in [6.07, 6.45) is 0.765. The topological polar surface area (TPSA) is 25.8 Å². The number of rotatable bonds is 5. The van der Waals surface area contributed by atoms with Crippen LogP contribution in [0.25, 0.3) is 0 Å². The number of halogens is 1. The zero-order chi connectivity index (χ0) is 16.1. The molecule has 0 N–H and O–H groups in total. The summed E-state index contributed by atoms with van der Waals surface area (Å²) in [7, 11) is 0. The van der Waals surface area contributed by atoms with E-state index in [2.05, 4.69) is 53.3 Å². The molecule has 0 fully saturated rings. The molecule has 0 amide bonds. The molecule has 23 heavy (non-hydrogen) atoms. The van der Waals surface area contributed by atoms with Crippen molar-refractivity contribution in [2.24, 2.45) is 0 Å². The standard InChI is InChI=1S/C19H17ClN2S/c1-14-6-5-9-16(10-14)13-23-19-21-17(12-18(20)22-19)11-15-7-3-2-4-8-15/h2-10,12H,11,13H2,1H3. The van der Waals surface area contributed by atoms with Crippen molar-refractivity contribution in [3.8, 4) is 0 Å². The van der Waals surface area contributed by atoms with Crippen molar-refractivity contribution in [2.75, 3.05) is 0 Å². The fourth-order valence-electron chi connectivity index (χ4n) is 2.35. The lowest BCUT2D eigenvalue weighted by Gasteiger charge is -2.06. The van der Waals surface area contributed by atoms with E-state index in [1.807, 2.05) is 24.3 Å². The first-order chi connectivity index (χ1) is 11.2. The predicted octanol–water partition coefficient (Wildman–Crippen LogP) is 5.32. The van der Waals surface area contributed by atoms with Crippen molar-refractivity contribution in [2.45, 2.75) is 24.3 Å². The molecular weight excluding hydrogens is 324 g/mol. The molecule has 0 saturated heterocycles. The highest BCUT2D eigenvalue weighted by atomic mass is 35.5. The first-order valence-electron chi connectivity index (χ1n) is 7.45. The molecule has 2 aromatic carbocycles. The van der Waals surface area contributed by atoms with Crippen LogP contribution in [0.2, 0.25) is 5.15 Å². The molecule has 0 saturated carbocycles. The molecule has 3 aromatic rings. The van der Waals surface area contributed by atoms with Gasteiger partial charge in [0.05, 0.1) is 5.69 Å². The molecule has 0 atom stereocenters. The van der Waals surface area contributed by atoms with Crippen molar-refractivity contribution in [3.63, 3.8) is 0 Å². The van der Waals surface area contributed by atoms with E-state index >= 15 is 0 Å². The van der Waals surface area contributed by atoms with E-state index in [-0.39, 0.29) is 0 Å². The molecule has 0 aliphatic rings. The zero-order valence-corrected chi connectivity index (χ0v) is 14.4. The summed E-state index contributed by atoms with van der Waals surface area (Å²) < 4.78 is 0. The minimum absolute atomic E-state index is 0.498. The van der Waals surface area contributed by atoms with Gasteiger partial charge in [0, 0.05) is 12.2 Å². The Kier molecular flexibility index (Phi) is 5.31. The highest BCUT2D eigenvalue weighted by Gasteiger charge is 2.06. The van der Waals surface area contributed by atoms with Gasteiger partial charge < -0.3 is 0 Å². The van der Waals surface area contributed by atoms with E-state index in [9.17, 15) is 0 Å². The van der Waals surface area contributed by atoms with Crippen LogP contribution in [0.3, 0.4) is 0 Å². The lowest BCUT2D eigenvalue weighted by Crippen LogP contribution is -1.97. The SMILES string of the molecule is Cc1cccc(CSc2nc(Cl)cc(Cc3ccccc3)n2)c1. The summed E-state index contributed by atoms with van der Waals surface area (Å²) in [6, 6.07) is 20.6. The average Bonchev–Trinajstić information content (AvgIpc) is 2.53. The number of nitrogens with zero attached hydrogens (tertiary/aromatic N) is 2. The lowest BCUT2D eigenvalue weighted by molar-refractivity contribution is 0.902. The molecule has 0 radical (unpaired) electrons. The predicted molar refractivity (Wildman–Crippen MR) is 97.0 cm³/mol. The summed E-state index contributed by atoms with van der Waals surface area (Å²) in [5, 5.41) is 1.22. The van der Waals surface area contributed by atoms with Gasteiger partial charge in [-0.15, -0.1) is 0 Å². The van der Waals surface area contributed by atoms with Gasteiger partial charge in [-0.05, 0) is 24.1 Å². The number of aryl methyl sites for hydroxylation is 1. The Labute approximate surface area is 146 Å². The molecule has 0 aliphatic carbocycles. The third-order valence-electron chi connectivity index (χ3n) is 3.41. The molecule has 116 valence electrons. The number of thioether (sulfide) groups is 1. The quantitative estimate of drug-likeness (QED) is 0.357. The molecule has 1 heterocycles. The third-order valence-corrected chi connectivity index (χ3v) is 4.52. The van der Waals surface area contributed by atoms with E-state index in [0.29, 0.717) is 5.15 Å². The fraction of sp³-hybridized carbons (Fsp3) is 0.158. The Hall–Kier alpha value is -1.84. The fourth-order valence-corrected chi connectivity index (χ4v) is 3.43. The van der Waals surface area contributed by atoms with Crippen LogP contribution in [0.4, 0.5) is 0 Å². The number of aromatic nitrogens is 2. The molecule has 0 spiro atoms. The van der Waals surface area contributed by atoms with Crippen LogP contribution in [-0.2, 0) is 12.2 Å². The Balaban J connectivity index is 1.72. The highest BCUT2D eigenvalue weighted by Crippen LogP contribution is 2.22. The first kappa shape index (κ1) is 16.0. The van der Waals surface area contributed by atoms with Crippen molar-refractivity contribution < 1.29 is 0 Å². The van der Waals surface area contributed by atoms with E-state index < -0.39 is 0 Å². The van der Waals surface area contributed by atoms with Crippen molar-refractivity contribution in [1.82, 2.24) is 9.97 Å². The Morgan fingerprint density at radius 2 is 1.70 bits per heavy atom. The third kappa shape index (κ3) is 4.81. The van der Waals surface area contributed by atoms with Gasteiger partial charge in [-0.25, -0.2) is 9.97 Å². The molecule has 4 heteroatoms. The summed E-state index contributed by atoms with van der Waals surface area (Å²) in [5.74, 6) is 0.840. The summed E-state index contributed by atoms with van der Waals surface area (Å²) in [6.45, 7) is 2.10. The molecule has 0 bridgehead atoms. The summed E-state index contributed by atoms with van der Waals surface area (Å²) in [4.78, 5) is 8.96. The molecular formula is C19H17ClN2S. The van der Waals surface area contributed by atoms with E-state index in [0.717, 1.165) is 23.0 Å². The summed E-state index contributed by atoms with van der Waals surface area (Å²) in [5.41, 5.74) is 4.70. The van der Waals surface area contributed by atoms with E-state index in [4.69, 9.17) is 11.6 Å². The van der Waals surface area contributed by atoms with Crippen molar-refractivity contribution in [1.29, 1.82) is 0 Å². The van der Waals surface area contributed by atoms with Crippen LogP contribution in [-0.4, -0.2) is 9.97 Å². The lowest BCUT2D eigenvalue weighted by atomic mass is 10.1. The smallest absolute Gasteiger partial charge is 0.189 e. The highest BCUT2D eigenvalue weighted by molar-refractivity contribution is 7.98. The van der Waals surface area contributed by atoms with Crippen LogP contribution in [0.5, 0.6) is 0 Å². The van der Waals surface area contributed by atoms with Crippen LogP contribution < -0.4 is 0 Å².